The zero-order valence-electron chi connectivity index (χ0n) is 13.7. The van der Waals surface area contributed by atoms with Gasteiger partial charge in [-0.2, -0.15) is 0 Å². The van der Waals surface area contributed by atoms with E-state index in [2.05, 4.69) is 4.98 Å². The third-order valence-corrected chi connectivity index (χ3v) is 5.21. The van der Waals surface area contributed by atoms with Crippen LogP contribution in [0.4, 0.5) is 0 Å². The second-order valence-corrected chi connectivity index (χ2v) is 7.40. The van der Waals surface area contributed by atoms with Gasteiger partial charge in [0.05, 0.1) is 22.1 Å². The zero-order valence-corrected chi connectivity index (χ0v) is 15.3. The Morgan fingerprint density at radius 1 is 1.23 bits per heavy atom. The maximum Gasteiger partial charge on any atom is 0.289 e. The van der Waals surface area contributed by atoms with Crippen molar-refractivity contribution in [3.05, 3.63) is 74.5 Å². The maximum atomic E-state index is 12.7. The molecular formula is C19H13ClN2O3S. The summed E-state index contributed by atoms with van der Waals surface area (Å²) < 4.78 is 6.68. The van der Waals surface area contributed by atoms with Gasteiger partial charge in [0.2, 0.25) is 0 Å². The Morgan fingerprint density at radius 2 is 2.04 bits per heavy atom. The molecule has 0 saturated heterocycles. The van der Waals surface area contributed by atoms with E-state index < -0.39 is 0 Å². The first-order valence-electron chi connectivity index (χ1n) is 7.84. The summed E-state index contributed by atoms with van der Waals surface area (Å²) in [6, 6.07) is 13.7. The second-order valence-electron chi connectivity index (χ2n) is 5.85. The van der Waals surface area contributed by atoms with Crippen molar-refractivity contribution in [1.82, 2.24) is 9.88 Å². The number of hydrogen-bond donors (Lipinski definition) is 0. The SMILES string of the molecule is CN(Cc1nc2ccccc2s1)C(=O)c1cc(=O)c2cc(Cl)ccc2o1. The van der Waals surface area contributed by atoms with Crippen LogP contribution >= 0.6 is 22.9 Å². The average Bonchev–Trinajstić information content (AvgIpc) is 3.03. The number of carbonyl (C=O) groups excluding carboxylic acids is 1. The van der Waals surface area contributed by atoms with Gasteiger partial charge < -0.3 is 9.32 Å². The number of thiazole rings is 1. The molecule has 0 aliphatic carbocycles. The lowest BCUT2D eigenvalue weighted by atomic mass is 10.2. The summed E-state index contributed by atoms with van der Waals surface area (Å²) in [6.45, 7) is 0.334. The van der Waals surface area contributed by atoms with Crippen LogP contribution in [0.5, 0.6) is 0 Å². The van der Waals surface area contributed by atoms with Crippen molar-refractivity contribution in [2.24, 2.45) is 0 Å². The fourth-order valence-corrected chi connectivity index (χ4v) is 3.88. The largest absolute Gasteiger partial charge is 0.451 e. The van der Waals surface area contributed by atoms with Crippen LogP contribution in [-0.4, -0.2) is 22.8 Å². The second kappa shape index (κ2) is 6.55. The summed E-state index contributed by atoms with van der Waals surface area (Å²) >= 11 is 7.44. The van der Waals surface area contributed by atoms with Crippen molar-refractivity contribution in [2.75, 3.05) is 7.05 Å². The first kappa shape index (κ1) is 16.8. The highest BCUT2D eigenvalue weighted by Gasteiger charge is 2.18. The Labute approximate surface area is 157 Å². The van der Waals surface area contributed by atoms with E-state index in [4.69, 9.17) is 16.0 Å². The average molecular weight is 385 g/mol. The molecule has 0 aliphatic heterocycles. The van der Waals surface area contributed by atoms with Crippen LogP contribution in [0.2, 0.25) is 5.02 Å². The van der Waals surface area contributed by atoms with Crippen molar-refractivity contribution in [3.8, 4) is 0 Å². The van der Waals surface area contributed by atoms with Gasteiger partial charge in [0, 0.05) is 18.1 Å². The fraction of sp³-hybridized carbons (Fsp3) is 0.105. The summed E-state index contributed by atoms with van der Waals surface area (Å²) in [7, 11) is 1.65. The predicted molar refractivity (Wildman–Crippen MR) is 103 cm³/mol. The summed E-state index contributed by atoms with van der Waals surface area (Å²) in [5, 5.41) is 1.61. The van der Waals surface area contributed by atoms with Gasteiger partial charge >= 0.3 is 0 Å². The standard InChI is InChI=1S/C19H13ClN2O3S/c1-22(10-18-21-13-4-2-3-5-17(13)26-18)19(24)16-9-14(23)12-8-11(20)6-7-15(12)25-16/h2-9H,10H2,1H3. The molecule has 4 aromatic rings. The molecule has 2 aromatic carbocycles. The van der Waals surface area contributed by atoms with Gasteiger partial charge in [-0.05, 0) is 30.3 Å². The highest BCUT2D eigenvalue weighted by molar-refractivity contribution is 7.18. The van der Waals surface area contributed by atoms with Crippen molar-refractivity contribution in [2.45, 2.75) is 6.54 Å². The van der Waals surface area contributed by atoms with Gasteiger partial charge in [0.15, 0.2) is 11.2 Å². The molecule has 2 aromatic heterocycles. The first-order chi connectivity index (χ1) is 12.5. The quantitative estimate of drug-likeness (QED) is 0.527. The molecule has 1 amide bonds. The molecule has 0 atom stereocenters. The van der Waals surface area contributed by atoms with Crippen molar-refractivity contribution >= 4 is 50.0 Å². The molecule has 5 nitrogen and oxygen atoms in total. The summed E-state index contributed by atoms with van der Waals surface area (Å²) in [5.74, 6) is -0.383. The molecule has 2 heterocycles. The first-order valence-corrected chi connectivity index (χ1v) is 9.04. The van der Waals surface area contributed by atoms with Crippen LogP contribution in [-0.2, 0) is 6.54 Å². The molecule has 0 aliphatic rings. The highest BCUT2D eigenvalue weighted by Crippen LogP contribution is 2.23. The number of carbonyl (C=O) groups is 1. The number of para-hydroxylation sites is 1. The van der Waals surface area contributed by atoms with Crippen LogP contribution in [0.3, 0.4) is 0 Å². The molecule has 0 saturated carbocycles. The minimum absolute atomic E-state index is 0.00608. The van der Waals surface area contributed by atoms with Gasteiger partial charge in [-0.1, -0.05) is 23.7 Å². The monoisotopic (exact) mass is 384 g/mol. The lowest BCUT2D eigenvalue weighted by molar-refractivity contribution is 0.0754. The number of benzene rings is 2. The van der Waals surface area contributed by atoms with Gasteiger partial charge in [0.1, 0.15) is 10.6 Å². The molecule has 0 radical (unpaired) electrons. The molecule has 0 N–H and O–H groups in total. The Morgan fingerprint density at radius 3 is 2.85 bits per heavy atom. The Kier molecular flexibility index (Phi) is 4.22. The minimum Gasteiger partial charge on any atom is -0.451 e. The van der Waals surface area contributed by atoms with Gasteiger partial charge in [-0.3, -0.25) is 9.59 Å². The lowest BCUT2D eigenvalue weighted by Crippen LogP contribution is -2.27. The van der Waals surface area contributed by atoms with Crippen molar-refractivity contribution in [3.63, 3.8) is 0 Å². The molecule has 0 unspecified atom stereocenters. The highest BCUT2D eigenvalue weighted by atomic mass is 35.5. The van der Waals surface area contributed by atoms with E-state index in [1.54, 1.807) is 19.2 Å². The van der Waals surface area contributed by atoms with E-state index in [1.807, 2.05) is 24.3 Å². The number of amides is 1. The van der Waals surface area contributed by atoms with Crippen LogP contribution < -0.4 is 5.43 Å². The number of aromatic nitrogens is 1. The molecule has 7 heteroatoms. The Bertz CT molecular complexity index is 1170. The lowest BCUT2D eigenvalue weighted by Gasteiger charge is -2.14. The van der Waals surface area contributed by atoms with E-state index in [9.17, 15) is 9.59 Å². The third-order valence-electron chi connectivity index (χ3n) is 3.96. The Balaban J connectivity index is 1.63. The number of nitrogens with zero attached hydrogens (tertiary/aromatic N) is 2. The van der Waals surface area contributed by atoms with Crippen LogP contribution in [0.25, 0.3) is 21.2 Å². The van der Waals surface area contributed by atoms with Gasteiger partial charge in [-0.15, -0.1) is 11.3 Å². The van der Waals surface area contributed by atoms with Crippen molar-refractivity contribution < 1.29 is 9.21 Å². The van der Waals surface area contributed by atoms with Crippen LogP contribution in [0.15, 0.2) is 57.7 Å². The van der Waals surface area contributed by atoms with E-state index in [0.717, 1.165) is 15.2 Å². The van der Waals surface area contributed by atoms with Crippen molar-refractivity contribution in [1.29, 1.82) is 0 Å². The number of hydrogen-bond acceptors (Lipinski definition) is 5. The summed E-state index contributed by atoms with van der Waals surface area (Å²) in [4.78, 5) is 30.9. The third kappa shape index (κ3) is 3.09. The van der Waals surface area contributed by atoms with Crippen LogP contribution in [0.1, 0.15) is 15.6 Å². The van der Waals surface area contributed by atoms with E-state index in [1.165, 1.54) is 28.4 Å². The predicted octanol–water partition coefficient (Wildman–Crippen LogP) is 4.33. The molecule has 0 bridgehead atoms. The van der Waals surface area contributed by atoms with Gasteiger partial charge in [-0.25, -0.2) is 4.98 Å². The Hall–Kier alpha value is -2.70. The van der Waals surface area contributed by atoms with E-state index >= 15 is 0 Å². The molecule has 4 rings (SSSR count). The minimum atomic E-state index is -0.377. The fourth-order valence-electron chi connectivity index (χ4n) is 2.68. The number of fused-ring (bicyclic) bond motifs is 2. The summed E-state index contributed by atoms with van der Waals surface area (Å²) in [6.07, 6.45) is 0. The molecule has 26 heavy (non-hydrogen) atoms. The van der Waals surface area contributed by atoms with E-state index in [-0.39, 0.29) is 17.1 Å². The zero-order chi connectivity index (χ0) is 18.3. The molecule has 130 valence electrons. The molecule has 0 spiro atoms. The number of halogens is 1. The molecule has 0 fully saturated rings. The van der Waals surface area contributed by atoms with Gasteiger partial charge in [0.25, 0.3) is 5.91 Å². The molecular weight excluding hydrogens is 372 g/mol. The van der Waals surface area contributed by atoms with Crippen LogP contribution in [0, 0.1) is 0 Å². The summed E-state index contributed by atoms with van der Waals surface area (Å²) in [5.41, 5.74) is 0.937. The maximum absolute atomic E-state index is 12.7. The van der Waals surface area contributed by atoms with E-state index in [0.29, 0.717) is 22.5 Å². The smallest absolute Gasteiger partial charge is 0.289 e. The number of rotatable bonds is 3. The topological polar surface area (TPSA) is 63.4 Å². The normalized spacial score (nSPS) is 11.2.